The monoisotopic (exact) mass is 449 g/mol. The number of hydrogen-bond acceptors (Lipinski definition) is 6. The molecule has 2 aromatic rings. The van der Waals surface area contributed by atoms with Crippen LogP contribution in [0.15, 0.2) is 35.4 Å². The molecule has 31 heavy (non-hydrogen) atoms. The van der Waals surface area contributed by atoms with E-state index < -0.39 is 21.5 Å². The first-order chi connectivity index (χ1) is 14.9. The quantitative estimate of drug-likeness (QED) is 0.662. The number of carbonyl (C=O) groups excluding carboxylic acids is 2. The first kappa shape index (κ1) is 21.8. The van der Waals surface area contributed by atoms with E-state index in [1.807, 2.05) is 0 Å². The van der Waals surface area contributed by atoms with Gasteiger partial charge in [-0.3, -0.25) is 9.59 Å². The Morgan fingerprint density at radius 2 is 1.90 bits per heavy atom. The SMILES string of the molecule is O=C(CS(=O)(=O)c1cn(CC(=O)N2CCOCC2)c2ccccc12)NCC1CCCO1. The predicted molar refractivity (Wildman–Crippen MR) is 113 cm³/mol. The van der Waals surface area contributed by atoms with Crippen molar-refractivity contribution < 1.29 is 27.5 Å². The molecular formula is C21H27N3O6S. The van der Waals surface area contributed by atoms with E-state index in [0.717, 1.165) is 12.8 Å². The maximum Gasteiger partial charge on any atom is 0.242 e. The molecule has 1 aromatic heterocycles. The molecule has 0 aliphatic carbocycles. The van der Waals surface area contributed by atoms with Gasteiger partial charge in [-0.2, -0.15) is 0 Å². The summed E-state index contributed by atoms with van der Waals surface area (Å²) in [7, 11) is -3.89. The van der Waals surface area contributed by atoms with Gasteiger partial charge in [-0.1, -0.05) is 18.2 Å². The number of nitrogens with zero attached hydrogens (tertiary/aromatic N) is 2. The summed E-state index contributed by atoms with van der Waals surface area (Å²) in [5.74, 6) is -1.30. The van der Waals surface area contributed by atoms with Gasteiger partial charge in [-0.15, -0.1) is 0 Å². The number of para-hydroxylation sites is 1. The fourth-order valence-electron chi connectivity index (χ4n) is 3.98. The Labute approximate surface area is 181 Å². The van der Waals surface area contributed by atoms with Crippen LogP contribution in [0.2, 0.25) is 0 Å². The minimum atomic E-state index is -3.89. The maximum absolute atomic E-state index is 13.0. The standard InChI is InChI=1S/C21H27N3O6S/c25-20(22-12-16-4-3-9-30-16)15-31(27,28)19-13-24(18-6-2-1-5-17(18)19)14-21(26)23-7-10-29-11-8-23/h1-2,5-6,13,16H,3-4,7-12,14-15H2,(H,22,25). The Morgan fingerprint density at radius 1 is 1.13 bits per heavy atom. The lowest BCUT2D eigenvalue weighted by Crippen LogP contribution is -2.42. The van der Waals surface area contributed by atoms with Crippen molar-refractivity contribution in [3.8, 4) is 0 Å². The molecule has 10 heteroatoms. The Balaban J connectivity index is 1.51. The van der Waals surface area contributed by atoms with Crippen LogP contribution in [0.3, 0.4) is 0 Å². The highest BCUT2D eigenvalue weighted by Crippen LogP contribution is 2.26. The second-order valence-corrected chi connectivity index (χ2v) is 9.79. The number of nitrogens with one attached hydrogen (secondary N) is 1. The van der Waals surface area contributed by atoms with Crippen molar-refractivity contribution in [1.29, 1.82) is 0 Å². The summed E-state index contributed by atoms with van der Waals surface area (Å²) in [6.45, 7) is 3.05. The molecule has 0 bridgehead atoms. The number of sulfone groups is 1. The Kier molecular flexibility index (Phi) is 6.59. The molecule has 4 rings (SSSR count). The third kappa shape index (κ3) is 5.08. The van der Waals surface area contributed by atoms with Crippen molar-refractivity contribution in [1.82, 2.24) is 14.8 Å². The second-order valence-electron chi connectivity index (χ2n) is 7.83. The number of aromatic nitrogens is 1. The van der Waals surface area contributed by atoms with E-state index in [1.54, 1.807) is 33.7 Å². The van der Waals surface area contributed by atoms with E-state index in [9.17, 15) is 18.0 Å². The lowest BCUT2D eigenvalue weighted by Gasteiger charge is -2.27. The second kappa shape index (κ2) is 9.37. The molecule has 168 valence electrons. The highest BCUT2D eigenvalue weighted by Gasteiger charge is 2.26. The number of carbonyl (C=O) groups is 2. The largest absolute Gasteiger partial charge is 0.378 e. The molecule has 3 heterocycles. The molecule has 2 amide bonds. The van der Waals surface area contributed by atoms with Gasteiger partial charge in [0.15, 0.2) is 9.84 Å². The predicted octanol–water partition coefficient (Wildman–Crippen LogP) is 0.569. The number of fused-ring (bicyclic) bond motifs is 1. The van der Waals surface area contributed by atoms with E-state index >= 15 is 0 Å². The van der Waals surface area contributed by atoms with Crippen LogP contribution in [-0.4, -0.2) is 81.0 Å². The van der Waals surface area contributed by atoms with Crippen LogP contribution >= 0.6 is 0 Å². The van der Waals surface area contributed by atoms with Crippen LogP contribution in [0.25, 0.3) is 10.9 Å². The summed E-state index contributed by atoms with van der Waals surface area (Å²) >= 11 is 0. The Morgan fingerprint density at radius 3 is 2.65 bits per heavy atom. The topological polar surface area (TPSA) is 107 Å². The van der Waals surface area contributed by atoms with Crippen LogP contribution in [0.4, 0.5) is 0 Å². The minimum absolute atomic E-state index is 0.0290. The molecule has 0 spiro atoms. The average molecular weight is 450 g/mol. The molecular weight excluding hydrogens is 422 g/mol. The lowest BCUT2D eigenvalue weighted by molar-refractivity contribution is -0.135. The smallest absolute Gasteiger partial charge is 0.242 e. The number of hydrogen-bond donors (Lipinski definition) is 1. The summed E-state index contributed by atoms with van der Waals surface area (Å²) in [5, 5.41) is 3.16. The zero-order chi connectivity index (χ0) is 21.8. The van der Waals surface area contributed by atoms with Gasteiger partial charge < -0.3 is 24.3 Å². The van der Waals surface area contributed by atoms with E-state index in [2.05, 4.69) is 5.32 Å². The van der Waals surface area contributed by atoms with Crippen molar-refractivity contribution in [3.05, 3.63) is 30.5 Å². The first-order valence-corrected chi connectivity index (χ1v) is 12.1. The molecule has 1 N–H and O–H groups in total. The fraction of sp³-hybridized carbons (Fsp3) is 0.524. The highest BCUT2D eigenvalue weighted by atomic mass is 32.2. The number of rotatable bonds is 7. The molecule has 2 fully saturated rings. The third-order valence-electron chi connectivity index (χ3n) is 5.63. The Hall–Kier alpha value is -2.43. The van der Waals surface area contributed by atoms with Crippen LogP contribution < -0.4 is 5.32 Å². The van der Waals surface area contributed by atoms with Gasteiger partial charge in [-0.25, -0.2) is 8.42 Å². The Bertz CT molecular complexity index is 1050. The van der Waals surface area contributed by atoms with Gasteiger partial charge in [0.05, 0.1) is 24.2 Å². The van der Waals surface area contributed by atoms with Crippen LogP contribution in [-0.2, 0) is 35.4 Å². The van der Waals surface area contributed by atoms with Crippen LogP contribution in [0.5, 0.6) is 0 Å². The van der Waals surface area contributed by atoms with Crippen molar-refractivity contribution in [3.63, 3.8) is 0 Å². The van der Waals surface area contributed by atoms with Gasteiger partial charge in [0.2, 0.25) is 11.8 Å². The van der Waals surface area contributed by atoms with Gasteiger partial charge in [0.25, 0.3) is 0 Å². The van der Waals surface area contributed by atoms with E-state index in [4.69, 9.17) is 9.47 Å². The molecule has 2 saturated heterocycles. The van der Waals surface area contributed by atoms with Crippen molar-refractivity contribution in [2.75, 3.05) is 45.2 Å². The number of ether oxygens (including phenoxy) is 2. The summed E-state index contributed by atoms with van der Waals surface area (Å²) in [6.07, 6.45) is 3.21. The molecule has 2 aliphatic rings. The number of benzene rings is 1. The molecule has 1 aromatic carbocycles. The van der Waals surface area contributed by atoms with Crippen LogP contribution in [0.1, 0.15) is 12.8 Å². The fourth-order valence-corrected chi connectivity index (χ4v) is 5.38. The van der Waals surface area contributed by atoms with Gasteiger partial charge >= 0.3 is 0 Å². The summed E-state index contributed by atoms with van der Waals surface area (Å²) in [6, 6.07) is 7.01. The minimum Gasteiger partial charge on any atom is -0.378 e. The van der Waals surface area contributed by atoms with E-state index in [0.29, 0.717) is 50.4 Å². The average Bonchev–Trinajstić information content (AvgIpc) is 3.41. The molecule has 0 radical (unpaired) electrons. The van der Waals surface area contributed by atoms with E-state index in [1.165, 1.54) is 6.20 Å². The van der Waals surface area contributed by atoms with Gasteiger partial charge in [0, 0.05) is 43.3 Å². The summed E-state index contributed by atoms with van der Waals surface area (Å²) < 4.78 is 38.5. The zero-order valence-corrected chi connectivity index (χ0v) is 18.1. The highest BCUT2D eigenvalue weighted by molar-refractivity contribution is 7.92. The van der Waals surface area contributed by atoms with Crippen molar-refractivity contribution >= 4 is 32.6 Å². The molecule has 2 aliphatic heterocycles. The first-order valence-electron chi connectivity index (χ1n) is 10.5. The van der Waals surface area contributed by atoms with Gasteiger partial charge in [-0.05, 0) is 18.9 Å². The number of amides is 2. The lowest BCUT2D eigenvalue weighted by atomic mass is 10.2. The summed E-state index contributed by atoms with van der Waals surface area (Å²) in [4.78, 5) is 26.7. The maximum atomic E-state index is 13.0. The third-order valence-corrected chi connectivity index (χ3v) is 7.27. The van der Waals surface area contributed by atoms with Crippen molar-refractivity contribution in [2.24, 2.45) is 0 Å². The van der Waals surface area contributed by atoms with Crippen LogP contribution in [0, 0.1) is 0 Å². The van der Waals surface area contributed by atoms with Gasteiger partial charge in [0.1, 0.15) is 12.3 Å². The van der Waals surface area contributed by atoms with E-state index in [-0.39, 0.29) is 23.5 Å². The zero-order valence-electron chi connectivity index (χ0n) is 17.3. The normalized spacial score (nSPS) is 19.6. The van der Waals surface area contributed by atoms with Crippen molar-refractivity contribution in [2.45, 2.75) is 30.4 Å². The molecule has 9 nitrogen and oxygen atoms in total. The molecule has 1 atom stereocenters. The summed E-state index contributed by atoms with van der Waals surface area (Å²) in [5.41, 5.74) is 0.641. The number of morpholine rings is 1. The molecule has 1 unspecified atom stereocenters. The molecule has 0 saturated carbocycles.